The van der Waals surface area contributed by atoms with Gasteiger partial charge in [0.2, 0.25) is 0 Å². The Morgan fingerprint density at radius 1 is 1.56 bits per heavy atom. The molecule has 0 amide bonds. The second-order valence-corrected chi connectivity index (χ2v) is 4.41. The SMILES string of the molecule is CCn1c(Sc2c(F)cccc2C=O)n[nH]c1=O. The van der Waals surface area contributed by atoms with Crippen molar-refractivity contribution in [3.05, 3.63) is 40.1 Å². The number of H-pyrrole nitrogens is 1. The molecule has 5 nitrogen and oxygen atoms in total. The van der Waals surface area contributed by atoms with Crippen molar-refractivity contribution in [2.24, 2.45) is 0 Å². The lowest BCUT2D eigenvalue weighted by atomic mass is 10.2. The van der Waals surface area contributed by atoms with Crippen LogP contribution in [0.5, 0.6) is 0 Å². The minimum atomic E-state index is -0.511. The van der Waals surface area contributed by atoms with E-state index < -0.39 is 5.82 Å². The van der Waals surface area contributed by atoms with Crippen LogP contribution < -0.4 is 5.69 Å². The molecule has 18 heavy (non-hydrogen) atoms. The van der Waals surface area contributed by atoms with E-state index in [1.807, 2.05) is 0 Å². The molecule has 0 spiro atoms. The van der Waals surface area contributed by atoms with E-state index in [0.29, 0.717) is 18.0 Å². The highest BCUT2D eigenvalue weighted by molar-refractivity contribution is 7.99. The summed E-state index contributed by atoms with van der Waals surface area (Å²) < 4.78 is 15.0. The molecule has 94 valence electrons. The standard InChI is InChI=1S/C11H10FN3O2S/c1-2-15-10(17)13-14-11(15)18-9-7(6-16)4-3-5-8(9)12/h3-6H,2H2,1H3,(H,13,17). The molecule has 2 aromatic rings. The number of aromatic amines is 1. The minimum absolute atomic E-state index is 0.168. The van der Waals surface area contributed by atoms with Crippen LogP contribution in [-0.2, 0) is 6.54 Å². The smallest absolute Gasteiger partial charge is 0.298 e. The molecule has 1 heterocycles. The van der Waals surface area contributed by atoms with Gasteiger partial charge in [-0.3, -0.25) is 9.36 Å². The molecule has 1 N–H and O–H groups in total. The predicted octanol–water partition coefficient (Wildman–Crippen LogP) is 1.69. The van der Waals surface area contributed by atoms with Gasteiger partial charge in [0.1, 0.15) is 5.82 Å². The second-order valence-electron chi connectivity index (χ2n) is 3.43. The lowest BCUT2D eigenvalue weighted by Gasteiger charge is -2.05. The van der Waals surface area contributed by atoms with Crippen molar-refractivity contribution in [1.29, 1.82) is 0 Å². The quantitative estimate of drug-likeness (QED) is 0.856. The van der Waals surface area contributed by atoms with Crippen molar-refractivity contribution in [3.63, 3.8) is 0 Å². The third-order valence-electron chi connectivity index (χ3n) is 2.36. The third-order valence-corrected chi connectivity index (χ3v) is 3.49. The van der Waals surface area contributed by atoms with Gasteiger partial charge in [0.15, 0.2) is 11.4 Å². The summed E-state index contributed by atoms with van der Waals surface area (Å²) in [5.74, 6) is -0.511. The summed E-state index contributed by atoms with van der Waals surface area (Å²) in [5, 5.41) is 6.42. The number of carbonyl (C=O) groups is 1. The Balaban J connectivity index is 2.45. The molecular weight excluding hydrogens is 257 g/mol. The maximum atomic E-state index is 13.7. The molecule has 0 fully saturated rings. The van der Waals surface area contributed by atoms with Gasteiger partial charge in [-0.25, -0.2) is 14.3 Å². The van der Waals surface area contributed by atoms with Gasteiger partial charge in [-0.15, -0.1) is 5.10 Å². The number of halogens is 1. The maximum Gasteiger partial charge on any atom is 0.343 e. The molecule has 0 atom stereocenters. The fraction of sp³-hybridized carbons (Fsp3) is 0.182. The van der Waals surface area contributed by atoms with Crippen LogP contribution in [0.2, 0.25) is 0 Å². The van der Waals surface area contributed by atoms with Crippen LogP contribution in [0.15, 0.2) is 33.0 Å². The van der Waals surface area contributed by atoms with Crippen LogP contribution in [0.1, 0.15) is 17.3 Å². The first-order valence-electron chi connectivity index (χ1n) is 5.24. The highest BCUT2D eigenvalue weighted by Crippen LogP contribution is 2.30. The molecule has 0 aliphatic rings. The number of carbonyl (C=O) groups excluding carboxylic acids is 1. The van der Waals surface area contributed by atoms with Crippen LogP contribution in [-0.4, -0.2) is 21.1 Å². The molecule has 0 aliphatic carbocycles. The van der Waals surface area contributed by atoms with Crippen LogP contribution in [0.3, 0.4) is 0 Å². The summed E-state index contributed by atoms with van der Waals surface area (Å²) in [5.41, 5.74) is -0.123. The summed E-state index contributed by atoms with van der Waals surface area (Å²) in [4.78, 5) is 22.4. The Bertz CT molecular complexity index is 635. The van der Waals surface area contributed by atoms with Crippen molar-refractivity contribution in [2.75, 3.05) is 0 Å². The molecule has 0 radical (unpaired) electrons. The average molecular weight is 267 g/mol. The number of aromatic nitrogens is 3. The zero-order chi connectivity index (χ0) is 13.1. The van der Waals surface area contributed by atoms with E-state index in [1.54, 1.807) is 6.92 Å². The van der Waals surface area contributed by atoms with E-state index in [2.05, 4.69) is 10.2 Å². The monoisotopic (exact) mass is 267 g/mol. The highest BCUT2D eigenvalue weighted by atomic mass is 32.2. The number of hydrogen-bond acceptors (Lipinski definition) is 4. The Kier molecular flexibility index (Phi) is 3.61. The number of hydrogen-bond donors (Lipinski definition) is 1. The number of nitrogens with one attached hydrogen (secondary N) is 1. The first-order valence-corrected chi connectivity index (χ1v) is 6.05. The van der Waals surface area contributed by atoms with Gasteiger partial charge in [0, 0.05) is 12.1 Å². The van der Waals surface area contributed by atoms with Gasteiger partial charge >= 0.3 is 5.69 Å². The average Bonchev–Trinajstić information content (AvgIpc) is 2.72. The third kappa shape index (κ3) is 2.21. The molecule has 0 saturated heterocycles. The molecule has 0 unspecified atom stereocenters. The van der Waals surface area contributed by atoms with E-state index >= 15 is 0 Å². The van der Waals surface area contributed by atoms with Gasteiger partial charge in [-0.1, -0.05) is 12.1 Å². The Hall–Kier alpha value is -1.89. The van der Waals surface area contributed by atoms with E-state index in [1.165, 1.54) is 22.8 Å². The molecule has 0 saturated carbocycles. The fourth-order valence-electron chi connectivity index (χ4n) is 1.48. The Morgan fingerprint density at radius 2 is 2.33 bits per heavy atom. The van der Waals surface area contributed by atoms with Crippen molar-refractivity contribution in [1.82, 2.24) is 14.8 Å². The van der Waals surface area contributed by atoms with Gasteiger partial charge in [-0.2, -0.15) is 0 Å². The Morgan fingerprint density at radius 3 is 3.00 bits per heavy atom. The molecule has 0 aliphatic heterocycles. The summed E-state index contributed by atoms with van der Waals surface area (Å²) in [6, 6.07) is 4.23. The largest absolute Gasteiger partial charge is 0.343 e. The van der Waals surface area contributed by atoms with Gasteiger partial charge in [0.05, 0.1) is 4.90 Å². The zero-order valence-corrected chi connectivity index (χ0v) is 10.3. The van der Waals surface area contributed by atoms with Crippen LogP contribution in [0.4, 0.5) is 4.39 Å². The molecule has 7 heteroatoms. The van der Waals surface area contributed by atoms with Gasteiger partial charge in [-0.05, 0) is 24.8 Å². The first kappa shape index (κ1) is 12.6. The van der Waals surface area contributed by atoms with Crippen LogP contribution in [0.25, 0.3) is 0 Å². The summed E-state index contributed by atoms with van der Waals surface area (Å²) >= 11 is 0.952. The minimum Gasteiger partial charge on any atom is -0.298 e. The van der Waals surface area contributed by atoms with Crippen LogP contribution in [0, 0.1) is 5.82 Å². The van der Waals surface area contributed by atoms with Crippen molar-refractivity contribution >= 4 is 18.0 Å². The van der Waals surface area contributed by atoms with E-state index in [-0.39, 0.29) is 16.1 Å². The first-order chi connectivity index (χ1) is 8.67. The molecule has 0 bridgehead atoms. The second kappa shape index (κ2) is 5.18. The predicted molar refractivity (Wildman–Crippen MR) is 64.4 cm³/mol. The normalized spacial score (nSPS) is 10.6. The zero-order valence-electron chi connectivity index (χ0n) is 9.51. The van der Waals surface area contributed by atoms with Gasteiger partial charge < -0.3 is 0 Å². The van der Waals surface area contributed by atoms with Crippen LogP contribution >= 0.6 is 11.8 Å². The van der Waals surface area contributed by atoms with E-state index in [9.17, 15) is 14.0 Å². The fourth-order valence-corrected chi connectivity index (χ4v) is 2.47. The van der Waals surface area contributed by atoms with Gasteiger partial charge in [0.25, 0.3) is 0 Å². The molecule has 2 rings (SSSR count). The topological polar surface area (TPSA) is 67.8 Å². The molecular formula is C11H10FN3O2S. The lowest BCUT2D eigenvalue weighted by Crippen LogP contribution is -2.16. The molecule has 1 aromatic heterocycles. The number of benzene rings is 1. The highest BCUT2D eigenvalue weighted by Gasteiger charge is 2.14. The maximum absolute atomic E-state index is 13.7. The summed E-state index contributed by atoms with van der Waals surface area (Å²) in [6.07, 6.45) is 0.576. The van der Waals surface area contributed by atoms with E-state index in [4.69, 9.17) is 0 Å². The van der Waals surface area contributed by atoms with Crippen molar-refractivity contribution < 1.29 is 9.18 Å². The molecule has 1 aromatic carbocycles. The van der Waals surface area contributed by atoms with Crippen molar-refractivity contribution in [3.8, 4) is 0 Å². The number of aldehydes is 1. The lowest BCUT2D eigenvalue weighted by molar-refractivity contribution is 0.112. The number of rotatable bonds is 4. The Labute approximate surface area is 106 Å². The number of nitrogens with zero attached hydrogens (tertiary/aromatic N) is 2. The summed E-state index contributed by atoms with van der Waals surface area (Å²) in [6.45, 7) is 2.20. The summed E-state index contributed by atoms with van der Waals surface area (Å²) in [7, 11) is 0. The van der Waals surface area contributed by atoms with Crippen molar-refractivity contribution in [2.45, 2.75) is 23.5 Å². The van der Waals surface area contributed by atoms with E-state index in [0.717, 1.165) is 11.8 Å².